The molecule has 30 heavy (non-hydrogen) atoms. The number of ether oxygens (including phenoxy) is 1. The highest BCUT2D eigenvalue weighted by atomic mass is 32.1. The van der Waals surface area contributed by atoms with Crippen molar-refractivity contribution in [1.82, 2.24) is 0 Å². The van der Waals surface area contributed by atoms with E-state index in [1.54, 1.807) is 35.2 Å². The molecule has 1 aliphatic rings. The number of amides is 2. The molecule has 1 aromatic heterocycles. The third-order valence-electron chi connectivity index (χ3n) is 5.01. The van der Waals surface area contributed by atoms with E-state index in [-0.39, 0.29) is 17.0 Å². The molecule has 0 fully saturated rings. The van der Waals surface area contributed by atoms with Crippen molar-refractivity contribution < 1.29 is 19.1 Å². The Morgan fingerprint density at radius 3 is 2.57 bits per heavy atom. The van der Waals surface area contributed by atoms with Gasteiger partial charge in [0.25, 0.3) is 11.8 Å². The first-order valence-electron chi connectivity index (χ1n) is 9.55. The van der Waals surface area contributed by atoms with Crippen LogP contribution in [0.4, 0.5) is 11.4 Å². The predicted octanol–water partition coefficient (Wildman–Crippen LogP) is 4.38. The lowest BCUT2D eigenvalue weighted by Crippen LogP contribution is -2.35. The van der Waals surface area contributed by atoms with Gasteiger partial charge in [-0.25, -0.2) is 4.79 Å². The average molecular weight is 420 g/mol. The lowest BCUT2D eigenvalue weighted by molar-refractivity contribution is 0.0597. The molecule has 0 radical (unpaired) electrons. The Morgan fingerprint density at radius 1 is 1.03 bits per heavy atom. The first-order valence-corrected chi connectivity index (χ1v) is 10.4. The van der Waals surface area contributed by atoms with Gasteiger partial charge in [-0.1, -0.05) is 18.2 Å². The summed E-state index contributed by atoms with van der Waals surface area (Å²) < 4.78 is 4.76. The summed E-state index contributed by atoms with van der Waals surface area (Å²) in [5.41, 5.74) is 2.95. The van der Waals surface area contributed by atoms with Crippen molar-refractivity contribution >= 4 is 40.5 Å². The lowest BCUT2D eigenvalue weighted by Gasteiger charge is -2.29. The van der Waals surface area contributed by atoms with Crippen molar-refractivity contribution in [2.75, 3.05) is 23.9 Å². The van der Waals surface area contributed by atoms with E-state index < -0.39 is 11.9 Å². The molecule has 0 spiro atoms. The van der Waals surface area contributed by atoms with E-state index >= 15 is 0 Å². The molecule has 1 N–H and O–H groups in total. The molecule has 0 saturated heterocycles. The Bertz CT molecular complexity index is 1110. The average Bonchev–Trinajstić information content (AvgIpc) is 3.32. The third-order valence-corrected chi connectivity index (χ3v) is 5.87. The highest BCUT2D eigenvalue weighted by Crippen LogP contribution is 2.31. The molecule has 2 amide bonds. The number of esters is 1. The second-order valence-corrected chi connectivity index (χ2v) is 7.82. The van der Waals surface area contributed by atoms with E-state index in [4.69, 9.17) is 4.74 Å². The minimum absolute atomic E-state index is 0.00487. The van der Waals surface area contributed by atoms with E-state index in [9.17, 15) is 14.4 Å². The van der Waals surface area contributed by atoms with Gasteiger partial charge in [-0.2, -0.15) is 0 Å². The zero-order valence-corrected chi connectivity index (χ0v) is 17.2. The van der Waals surface area contributed by atoms with E-state index in [2.05, 4.69) is 5.32 Å². The molecule has 7 heteroatoms. The second kappa shape index (κ2) is 8.51. The number of thiophene rings is 1. The summed E-state index contributed by atoms with van der Waals surface area (Å²) in [6, 6.07) is 15.7. The zero-order valence-electron chi connectivity index (χ0n) is 16.4. The number of nitrogens with zero attached hydrogens (tertiary/aromatic N) is 1. The van der Waals surface area contributed by atoms with Gasteiger partial charge in [-0.05, 0) is 60.2 Å². The smallest absolute Gasteiger partial charge is 0.338 e. The topological polar surface area (TPSA) is 75.7 Å². The Morgan fingerprint density at radius 2 is 1.83 bits per heavy atom. The summed E-state index contributed by atoms with van der Waals surface area (Å²) in [4.78, 5) is 40.0. The van der Waals surface area contributed by atoms with Crippen LogP contribution < -0.4 is 10.2 Å². The van der Waals surface area contributed by atoms with Crippen LogP contribution in [0.2, 0.25) is 0 Å². The molecule has 0 aliphatic carbocycles. The number of anilines is 2. The van der Waals surface area contributed by atoms with Crippen molar-refractivity contribution in [3.05, 3.63) is 81.5 Å². The predicted molar refractivity (Wildman–Crippen MR) is 116 cm³/mol. The molecule has 0 bridgehead atoms. The summed E-state index contributed by atoms with van der Waals surface area (Å²) >= 11 is 1.43. The molecule has 0 atom stereocenters. The number of carbonyl (C=O) groups excluding carboxylic acids is 3. The molecular weight excluding hydrogens is 400 g/mol. The summed E-state index contributed by atoms with van der Waals surface area (Å²) in [6.07, 6.45) is 1.68. The number of benzene rings is 2. The molecule has 0 unspecified atom stereocenters. The van der Waals surface area contributed by atoms with Crippen molar-refractivity contribution in [2.24, 2.45) is 0 Å². The van der Waals surface area contributed by atoms with Gasteiger partial charge in [0, 0.05) is 17.9 Å². The fraction of sp³-hybridized carbons (Fsp3) is 0.174. The van der Waals surface area contributed by atoms with E-state index in [0.717, 1.165) is 24.1 Å². The van der Waals surface area contributed by atoms with Crippen molar-refractivity contribution in [2.45, 2.75) is 12.8 Å². The van der Waals surface area contributed by atoms with E-state index in [1.807, 2.05) is 29.6 Å². The maximum atomic E-state index is 12.8. The van der Waals surface area contributed by atoms with Gasteiger partial charge in [0.15, 0.2) is 0 Å². The van der Waals surface area contributed by atoms with Gasteiger partial charge in [-0.15, -0.1) is 11.3 Å². The SMILES string of the molecule is COC(=O)c1ccccc1C(=O)Nc1ccc2c(c1)CCCN2C(=O)c1cccs1. The van der Waals surface area contributed by atoms with Crippen LogP contribution in [-0.4, -0.2) is 31.4 Å². The molecule has 4 rings (SSSR count). The summed E-state index contributed by atoms with van der Waals surface area (Å²) in [5, 5.41) is 4.74. The largest absolute Gasteiger partial charge is 0.465 e. The zero-order chi connectivity index (χ0) is 21.1. The van der Waals surface area contributed by atoms with Crippen LogP contribution in [0.1, 0.15) is 42.4 Å². The van der Waals surface area contributed by atoms with Gasteiger partial charge in [0.1, 0.15) is 0 Å². The van der Waals surface area contributed by atoms with E-state index in [0.29, 0.717) is 17.1 Å². The number of aryl methyl sites for hydroxylation is 1. The maximum absolute atomic E-state index is 12.8. The fourth-order valence-electron chi connectivity index (χ4n) is 3.59. The van der Waals surface area contributed by atoms with Crippen LogP contribution in [0.25, 0.3) is 0 Å². The number of rotatable bonds is 4. The Hall–Kier alpha value is -3.45. The minimum atomic E-state index is -0.561. The molecule has 3 aromatic rings. The van der Waals surface area contributed by atoms with Crippen LogP contribution >= 0.6 is 11.3 Å². The van der Waals surface area contributed by atoms with Gasteiger partial charge in [0.2, 0.25) is 0 Å². The summed E-state index contributed by atoms with van der Waals surface area (Å²) in [7, 11) is 1.28. The molecular formula is C23H20N2O4S. The highest BCUT2D eigenvalue weighted by Gasteiger charge is 2.25. The maximum Gasteiger partial charge on any atom is 0.338 e. The second-order valence-electron chi connectivity index (χ2n) is 6.87. The van der Waals surface area contributed by atoms with Gasteiger partial charge in [-0.3, -0.25) is 9.59 Å². The molecule has 0 saturated carbocycles. The normalized spacial score (nSPS) is 12.8. The van der Waals surface area contributed by atoms with Crippen LogP contribution in [0.5, 0.6) is 0 Å². The lowest BCUT2D eigenvalue weighted by atomic mass is 10.0. The standard InChI is InChI=1S/C23H20N2O4S/c1-29-23(28)18-8-3-2-7-17(18)21(26)24-16-10-11-19-15(14-16)6-4-12-25(19)22(27)20-9-5-13-30-20/h2-3,5,7-11,13-14H,4,6,12H2,1H3,(H,24,26). The van der Waals surface area contributed by atoms with Gasteiger partial charge < -0.3 is 15.0 Å². The van der Waals surface area contributed by atoms with Crippen LogP contribution in [0, 0.1) is 0 Å². The van der Waals surface area contributed by atoms with E-state index in [1.165, 1.54) is 18.4 Å². The minimum Gasteiger partial charge on any atom is -0.465 e. The highest BCUT2D eigenvalue weighted by molar-refractivity contribution is 7.12. The Balaban J connectivity index is 1.57. The van der Waals surface area contributed by atoms with Crippen LogP contribution in [0.15, 0.2) is 60.0 Å². The van der Waals surface area contributed by atoms with Crippen molar-refractivity contribution in [3.63, 3.8) is 0 Å². The third kappa shape index (κ3) is 3.84. The Labute approximate surface area is 178 Å². The number of methoxy groups -OCH3 is 1. The fourth-order valence-corrected chi connectivity index (χ4v) is 4.26. The number of hydrogen-bond donors (Lipinski definition) is 1. The number of fused-ring (bicyclic) bond motifs is 1. The van der Waals surface area contributed by atoms with Crippen molar-refractivity contribution in [1.29, 1.82) is 0 Å². The van der Waals surface area contributed by atoms with Gasteiger partial charge >= 0.3 is 5.97 Å². The molecule has 6 nitrogen and oxygen atoms in total. The first kappa shape index (κ1) is 19.8. The summed E-state index contributed by atoms with van der Waals surface area (Å²) in [6.45, 7) is 0.669. The van der Waals surface area contributed by atoms with Crippen molar-refractivity contribution in [3.8, 4) is 0 Å². The molecule has 2 heterocycles. The van der Waals surface area contributed by atoms with Crippen LogP contribution in [0.3, 0.4) is 0 Å². The number of carbonyl (C=O) groups is 3. The first-order chi connectivity index (χ1) is 14.6. The van der Waals surface area contributed by atoms with Gasteiger partial charge in [0.05, 0.1) is 23.1 Å². The molecule has 2 aromatic carbocycles. The monoisotopic (exact) mass is 420 g/mol. The quantitative estimate of drug-likeness (QED) is 0.636. The summed E-state index contributed by atoms with van der Waals surface area (Å²) in [5.74, 6) is -0.957. The van der Waals surface area contributed by atoms with Crippen LogP contribution in [-0.2, 0) is 11.2 Å². The Kier molecular flexibility index (Phi) is 5.63. The number of nitrogens with one attached hydrogen (secondary N) is 1. The number of hydrogen-bond acceptors (Lipinski definition) is 5. The molecule has 152 valence electrons. The molecule has 1 aliphatic heterocycles.